The van der Waals surface area contributed by atoms with Gasteiger partial charge in [0.15, 0.2) is 5.78 Å². The van der Waals surface area contributed by atoms with Crippen LogP contribution < -0.4 is 0 Å². The van der Waals surface area contributed by atoms with E-state index in [0.29, 0.717) is 0 Å². The summed E-state index contributed by atoms with van der Waals surface area (Å²) in [6, 6.07) is 16.4. The van der Waals surface area contributed by atoms with Crippen molar-refractivity contribution in [3.8, 4) is 0 Å². The zero-order chi connectivity index (χ0) is 12.1. The van der Waals surface area contributed by atoms with Gasteiger partial charge in [0.1, 0.15) is 0 Å². The number of benzene rings is 3. The van der Waals surface area contributed by atoms with E-state index in [4.69, 9.17) is 0 Å². The lowest BCUT2D eigenvalue weighted by atomic mass is 9.93. The Morgan fingerprint density at radius 3 is 1.89 bits per heavy atom. The largest absolute Gasteiger partial charge is 0.289 e. The van der Waals surface area contributed by atoms with E-state index >= 15 is 0 Å². The minimum absolute atomic E-state index is 0.118. The number of ketones is 1. The van der Waals surface area contributed by atoms with Crippen molar-refractivity contribution in [3.63, 3.8) is 0 Å². The maximum absolute atomic E-state index is 12.0. The first-order valence-corrected chi connectivity index (χ1v) is 6.02. The molecule has 1 aliphatic rings. The van der Waals surface area contributed by atoms with Gasteiger partial charge in [0.25, 0.3) is 0 Å². The highest BCUT2D eigenvalue weighted by atomic mass is 16.1. The topological polar surface area (TPSA) is 17.1 Å². The number of fused-ring (bicyclic) bond motifs is 6. The van der Waals surface area contributed by atoms with Crippen molar-refractivity contribution in [1.82, 2.24) is 0 Å². The predicted molar refractivity (Wildman–Crippen MR) is 74.8 cm³/mol. The second-order valence-corrected chi connectivity index (χ2v) is 4.58. The van der Waals surface area contributed by atoms with Crippen LogP contribution >= 0.6 is 0 Å². The molecule has 0 atom stereocenters. The first-order valence-electron chi connectivity index (χ1n) is 6.02. The van der Waals surface area contributed by atoms with Gasteiger partial charge in [0, 0.05) is 5.56 Å². The molecule has 18 heavy (non-hydrogen) atoms. The number of allylic oxidation sites excluding steroid dienone is 1. The summed E-state index contributed by atoms with van der Waals surface area (Å²) >= 11 is 0. The van der Waals surface area contributed by atoms with Gasteiger partial charge in [-0.15, -0.1) is 0 Å². The Morgan fingerprint density at radius 1 is 0.611 bits per heavy atom. The third-order valence-electron chi connectivity index (χ3n) is 3.62. The molecule has 0 saturated heterocycles. The van der Waals surface area contributed by atoms with Gasteiger partial charge in [-0.2, -0.15) is 0 Å². The predicted octanol–water partition coefficient (Wildman–Crippen LogP) is 4.20. The summed E-state index contributed by atoms with van der Waals surface area (Å²) in [4.78, 5) is 12.0. The molecule has 0 radical (unpaired) electrons. The van der Waals surface area contributed by atoms with E-state index in [1.54, 1.807) is 6.08 Å². The molecule has 0 aliphatic heterocycles. The van der Waals surface area contributed by atoms with Crippen molar-refractivity contribution < 1.29 is 4.79 Å². The minimum Gasteiger partial charge on any atom is -0.289 e. The van der Waals surface area contributed by atoms with Crippen molar-refractivity contribution in [2.75, 3.05) is 0 Å². The van der Waals surface area contributed by atoms with Gasteiger partial charge in [-0.3, -0.25) is 4.79 Å². The lowest BCUT2D eigenvalue weighted by molar-refractivity contribution is 0.105. The normalized spacial score (nSPS) is 13.4. The molecule has 0 fully saturated rings. The Hall–Kier alpha value is -2.41. The van der Waals surface area contributed by atoms with Crippen molar-refractivity contribution in [2.24, 2.45) is 0 Å². The van der Waals surface area contributed by atoms with Crippen LogP contribution in [0.5, 0.6) is 0 Å². The summed E-state index contributed by atoms with van der Waals surface area (Å²) < 4.78 is 0. The van der Waals surface area contributed by atoms with Crippen LogP contribution in [0, 0.1) is 0 Å². The number of rotatable bonds is 0. The number of hydrogen-bond donors (Lipinski definition) is 0. The lowest BCUT2D eigenvalue weighted by Gasteiger charge is -2.10. The van der Waals surface area contributed by atoms with Crippen LogP contribution in [-0.2, 0) is 0 Å². The number of hydrogen-bond acceptors (Lipinski definition) is 1. The monoisotopic (exact) mass is 230 g/mol. The maximum Gasteiger partial charge on any atom is 0.187 e. The van der Waals surface area contributed by atoms with E-state index in [9.17, 15) is 4.79 Å². The summed E-state index contributed by atoms with van der Waals surface area (Å²) in [7, 11) is 0. The van der Waals surface area contributed by atoms with Crippen molar-refractivity contribution in [3.05, 3.63) is 65.7 Å². The molecule has 0 amide bonds. The summed E-state index contributed by atoms with van der Waals surface area (Å²) in [5, 5.41) is 4.59. The lowest BCUT2D eigenvalue weighted by Crippen LogP contribution is -1.95. The Kier molecular flexibility index (Phi) is 1.76. The quantitative estimate of drug-likeness (QED) is 0.529. The first kappa shape index (κ1) is 9.60. The minimum atomic E-state index is 0.118. The van der Waals surface area contributed by atoms with Crippen LogP contribution in [0.4, 0.5) is 0 Å². The fourth-order valence-corrected chi connectivity index (χ4v) is 2.85. The van der Waals surface area contributed by atoms with Gasteiger partial charge >= 0.3 is 0 Å². The molecule has 1 aliphatic carbocycles. The molecule has 84 valence electrons. The Labute approximate surface area is 104 Å². The Morgan fingerprint density at radius 2 is 1.17 bits per heavy atom. The van der Waals surface area contributed by atoms with Gasteiger partial charge in [0.2, 0.25) is 0 Å². The zero-order valence-corrected chi connectivity index (χ0v) is 9.68. The molecule has 0 unspecified atom stereocenters. The van der Waals surface area contributed by atoms with Crippen molar-refractivity contribution in [2.45, 2.75) is 0 Å². The van der Waals surface area contributed by atoms with Gasteiger partial charge in [-0.25, -0.2) is 0 Å². The van der Waals surface area contributed by atoms with Gasteiger partial charge in [-0.1, -0.05) is 48.5 Å². The molecule has 1 heteroatoms. The van der Waals surface area contributed by atoms with E-state index in [0.717, 1.165) is 27.3 Å². The van der Waals surface area contributed by atoms with Gasteiger partial charge in [0.05, 0.1) is 0 Å². The second-order valence-electron chi connectivity index (χ2n) is 4.58. The zero-order valence-electron chi connectivity index (χ0n) is 9.68. The number of carbonyl (C=O) groups is 1. The summed E-state index contributed by atoms with van der Waals surface area (Å²) in [5.41, 5.74) is 1.92. The fourth-order valence-electron chi connectivity index (χ4n) is 2.85. The summed E-state index contributed by atoms with van der Waals surface area (Å²) in [6.45, 7) is 0. The molecule has 0 saturated carbocycles. The molecule has 0 bridgehead atoms. The average molecular weight is 230 g/mol. The van der Waals surface area contributed by atoms with Crippen LogP contribution in [0.2, 0.25) is 0 Å². The van der Waals surface area contributed by atoms with Gasteiger partial charge < -0.3 is 0 Å². The van der Waals surface area contributed by atoms with Gasteiger partial charge in [-0.05, 0) is 39.3 Å². The van der Waals surface area contributed by atoms with Crippen LogP contribution in [0.1, 0.15) is 15.9 Å². The van der Waals surface area contributed by atoms with Crippen LogP contribution in [0.25, 0.3) is 27.6 Å². The highest BCUT2D eigenvalue weighted by Gasteiger charge is 2.20. The van der Waals surface area contributed by atoms with Crippen LogP contribution in [0.15, 0.2) is 54.6 Å². The highest BCUT2D eigenvalue weighted by molar-refractivity contribution is 6.27. The SMILES string of the molecule is O=C1C=Cc2c1c1ccccc1c1ccccc21. The Bertz CT molecular complexity index is 841. The molecule has 0 heterocycles. The molecule has 3 aromatic carbocycles. The third-order valence-corrected chi connectivity index (χ3v) is 3.62. The summed E-state index contributed by atoms with van der Waals surface area (Å²) in [5.74, 6) is 0.118. The molecular weight excluding hydrogens is 220 g/mol. The molecule has 0 aromatic heterocycles. The van der Waals surface area contributed by atoms with E-state index in [2.05, 4.69) is 18.2 Å². The average Bonchev–Trinajstić information content (AvgIpc) is 2.82. The van der Waals surface area contributed by atoms with E-state index in [1.807, 2.05) is 36.4 Å². The molecular formula is C17H10O. The smallest absolute Gasteiger partial charge is 0.187 e. The van der Waals surface area contributed by atoms with Crippen LogP contribution in [0.3, 0.4) is 0 Å². The molecule has 4 rings (SSSR count). The Balaban J connectivity index is 2.38. The van der Waals surface area contributed by atoms with Crippen molar-refractivity contribution >= 4 is 33.4 Å². The maximum atomic E-state index is 12.0. The molecule has 3 aromatic rings. The molecule has 0 N–H and O–H groups in total. The van der Waals surface area contributed by atoms with E-state index in [-0.39, 0.29) is 5.78 Å². The van der Waals surface area contributed by atoms with E-state index < -0.39 is 0 Å². The summed E-state index contributed by atoms with van der Waals surface area (Å²) in [6.07, 6.45) is 3.61. The standard InChI is InChI=1S/C17H10O/c18-16-10-9-15-13-7-2-1-5-11(13)12-6-3-4-8-14(12)17(15)16/h1-10H. The number of carbonyl (C=O) groups excluding carboxylic acids is 1. The van der Waals surface area contributed by atoms with Crippen molar-refractivity contribution in [1.29, 1.82) is 0 Å². The highest BCUT2D eigenvalue weighted by Crippen LogP contribution is 2.36. The first-order chi connectivity index (χ1) is 8.86. The van der Waals surface area contributed by atoms with Crippen LogP contribution in [-0.4, -0.2) is 5.78 Å². The second kappa shape index (κ2) is 3.30. The van der Waals surface area contributed by atoms with E-state index in [1.165, 1.54) is 5.39 Å². The third kappa shape index (κ3) is 1.08. The fraction of sp³-hybridized carbons (Fsp3) is 0. The molecule has 0 spiro atoms. The molecule has 1 nitrogen and oxygen atoms in total.